The molecule has 3 nitrogen and oxygen atoms in total. The summed E-state index contributed by atoms with van der Waals surface area (Å²) in [4.78, 5) is 2.38. The van der Waals surface area contributed by atoms with Gasteiger partial charge >= 0.3 is 0 Å². The predicted octanol–water partition coefficient (Wildman–Crippen LogP) is 2.60. The van der Waals surface area contributed by atoms with Gasteiger partial charge in [-0.2, -0.15) is 5.84 Å². The van der Waals surface area contributed by atoms with Crippen LogP contribution >= 0.6 is 0 Å². The van der Waals surface area contributed by atoms with Gasteiger partial charge in [-0.3, -0.25) is 0 Å². The SMILES string of the molecule is Cc1cccc(N2CCCCC2)c1N[NH]. The van der Waals surface area contributed by atoms with E-state index in [0.29, 0.717) is 0 Å². The Labute approximate surface area is 91.2 Å². The lowest BCUT2D eigenvalue weighted by Crippen LogP contribution is -2.30. The van der Waals surface area contributed by atoms with Crippen LogP contribution in [0.2, 0.25) is 0 Å². The van der Waals surface area contributed by atoms with Crippen LogP contribution in [0.3, 0.4) is 0 Å². The summed E-state index contributed by atoms with van der Waals surface area (Å²) >= 11 is 0. The quantitative estimate of drug-likeness (QED) is 0.752. The highest BCUT2D eigenvalue weighted by Gasteiger charge is 2.14. The lowest BCUT2D eigenvalue weighted by molar-refractivity contribution is 0.578. The molecule has 0 aromatic heterocycles. The summed E-state index contributed by atoms with van der Waals surface area (Å²) in [6.45, 7) is 4.29. The fourth-order valence-corrected chi connectivity index (χ4v) is 2.21. The van der Waals surface area contributed by atoms with Crippen molar-refractivity contribution in [3.63, 3.8) is 0 Å². The number of hydrogen-bond donors (Lipinski definition) is 1. The summed E-state index contributed by atoms with van der Waals surface area (Å²) in [5.41, 5.74) is 5.86. The molecule has 0 aliphatic carbocycles. The van der Waals surface area contributed by atoms with Crippen LogP contribution in [0.4, 0.5) is 11.4 Å². The van der Waals surface area contributed by atoms with Crippen LogP contribution in [-0.2, 0) is 0 Å². The largest absolute Gasteiger partial charge is 0.370 e. The van der Waals surface area contributed by atoms with Gasteiger partial charge in [-0.15, -0.1) is 0 Å². The number of piperidine rings is 1. The molecular weight excluding hydrogens is 186 g/mol. The number of rotatable bonds is 2. The molecule has 0 spiro atoms. The smallest absolute Gasteiger partial charge is 0.0764 e. The lowest BCUT2D eigenvalue weighted by Gasteiger charge is -2.30. The molecule has 15 heavy (non-hydrogen) atoms. The molecule has 2 rings (SSSR count). The summed E-state index contributed by atoms with van der Waals surface area (Å²) in [6.07, 6.45) is 3.88. The molecule has 0 saturated carbocycles. The van der Waals surface area contributed by atoms with Crippen molar-refractivity contribution >= 4 is 11.4 Å². The molecule has 81 valence electrons. The summed E-state index contributed by atoms with van der Waals surface area (Å²) in [5.74, 6) is 7.37. The number of hydrogen-bond acceptors (Lipinski definition) is 2. The Hall–Kier alpha value is -1.22. The van der Waals surface area contributed by atoms with Gasteiger partial charge in [0, 0.05) is 13.1 Å². The van der Waals surface area contributed by atoms with Gasteiger partial charge in [0.25, 0.3) is 0 Å². The second-order valence-electron chi connectivity index (χ2n) is 4.14. The first-order valence-electron chi connectivity index (χ1n) is 5.60. The van der Waals surface area contributed by atoms with Crippen molar-refractivity contribution in [2.45, 2.75) is 26.2 Å². The van der Waals surface area contributed by atoms with E-state index in [0.717, 1.165) is 24.3 Å². The number of nitrogens with zero attached hydrogens (tertiary/aromatic N) is 1. The third-order valence-corrected chi connectivity index (χ3v) is 3.07. The molecule has 1 aromatic rings. The van der Waals surface area contributed by atoms with Crippen molar-refractivity contribution < 1.29 is 0 Å². The van der Waals surface area contributed by atoms with E-state index in [1.54, 1.807) is 0 Å². The average Bonchev–Trinajstić information content (AvgIpc) is 2.30. The zero-order valence-electron chi connectivity index (χ0n) is 9.21. The zero-order chi connectivity index (χ0) is 10.7. The lowest BCUT2D eigenvalue weighted by atomic mass is 10.1. The van der Waals surface area contributed by atoms with Crippen molar-refractivity contribution in [2.75, 3.05) is 23.4 Å². The molecule has 3 heteroatoms. The number of para-hydroxylation sites is 1. The van der Waals surface area contributed by atoms with Crippen molar-refractivity contribution in [1.29, 1.82) is 0 Å². The van der Waals surface area contributed by atoms with E-state index in [1.165, 1.54) is 24.9 Å². The minimum atomic E-state index is 0.958. The number of anilines is 2. The summed E-state index contributed by atoms with van der Waals surface area (Å²) in [5, 5.41) is 0. The van der Waals surface area contributed by atoms with Crippen LogP contribution in [0, 0.1) is 6.92 Å². The summed E-state index contributed by atoms with van der Waals surface area (Å²) in [7, 11) is 0. The molecule has 1 aliphatic rings. The molecule has 1 heterocycles. The molecule has 0 atom stereocenters. The van der Waals surface area contributed by atoms with Crippen LogP contribution in [0.5, 0.6) is 0 Å². The molecule has 0 amide bonds. The van der Waals surface area contributed by atoms with Gasteiger partial charge in [0.1, 0.15) is 0 Å². The summed E-state index contributed by atoms with van der Waals surface area (Å²) in [6, 6.07) is 6.22. The zero-order valence-corrected chi connectivity index (χ0v) is 9.21. The Morgan fingerprint density at radius 2 is 1.93 bits per heavy atom. The minimum Gasteiger partial charge on any atom is -0.370 e. The molecule has 1 aliphatic heterocycles. The van der Waals surface area contributed by atoms with Gasteiger partial charge in [-0.25, -0.2) is 0 Å². The monoisotopic (exact) mass is 204 g/mol. The van der Waals surface area contributed by atoms with Crippen LogP contribution in [0.25, 0.3) is 0 Å². The van der Waals surface area contributed by atoms with Gasteiger partial charge in [-0.1, -0.05) is 12.1 Å². The Bertz CT molecular complexity index is 330. The predicted molar refractivity (Wildman–Crippen MR) is 64.0 cm³/mol. The van der Waals surface area contributed by atoms with Gasteiger partial charge in [0.05, 0.1) is 11.4 Å². The molecule has 1 saturated heterocycles. The standard InChI is InChI=1S/C12H18N3/c1-10-6-5-7-11(12(10)14-13)15-8-3-2-4-9-15/h5-7,13-14H,2-4,8-9H2,1H3. The molecule has 0 unspecified atom stereocenters. The van der Waals surface area contributed by atoms with Gasteiger partial charge < -0.3 is 10.3 Å². The fraction of sp³-hybridized carbons (Fsp3) is 0.500. The molecule has 1 radical (unpaired) electrons. The molecule has 2 N–H and O–H groups in total. The topological polar surface area (TPSA) is 39.1 Å². The van der Waals surface area contributed by atoms with E-state index in [2.05, 4.69) is 22.5 Å². The minimum absolute atomic E-state index is 0.958. The normalized spacial score (nSPS) is 16.5. The highest BCUT2D eigenvalue weighted by molar-refractivity contribution is 5.73. The van der Waals surface area contributed by atoms with Crippen LogP contribution < -0.4 is 16.2 Å². The van der Waals surface area contributed by atoms with E-state index < -0.39 is 0 Å². The van der Waals surface area contributed by atoms with Gasteiger partial charge in [-0.05, 0) is 37.8 Å². The van der Waals surface area contributed by atoms with Crippen LogP contribution in [0.15, 0.2) is 18.2 Å². The van der Waals surface area contributed by atoms with Crippen LogP contribution in [0.1, 0.15) is 24.8 Å². The van der Waals surface area contributed by atoms with E-state index in [-0.39, 0.29) is 0 Å². The number of benzene rings is 1. The fourth-order valence-electron chi connectivity index (χ4n) is 2.21. The molecule has 1 aromatic carbocycles. The second-order valence-corrected chi connectivity index (χ2v) is 4.14. The Balaban J connectivity index is 2.29. The number of aryl methyl sites for hydroxylation is 1. The number of nitrogens with one attached hydrogen (secondary N) is 2. The maximum atomic E-state index is 7.37. The van der Waals surface area contributed by atoms with Crippen molar-refractivity contribution in [2.24, 2.45) is 0 Å². The molecule has 0 bridgehead atoms. The Morgan fingerprint density at radius 3 is 2.60 bits per heavy atom. The van der Waals surface area contributed by atoms with Crippen LogP contribution in [-0.4, -0.2) is 13.1 Å². The van der Waals surface area contributed by atoms with Crippen molar-refractivity contribution in [1.82, 2.24) is 5.84 Å². The average molecular weight is 204 g/mol. The Kier molecular flexibility index (Phi) is 3.11. The first kappa shape index (κ1) is 10.3. The molecular formula is C12H18N3. The first-order valence-corrected chi connectivity index (χ1v) is 5.60. The van der Waals surface area contributed by atoms with E-state index in [4.69, 9.17) is 5.84 Å². The van der Waals surface area contributed by atoms with Gasteiger partial charge in [0.2, 0.25) is 0 Å². The Morgan fingerprint density at radius 1 is 1.20 bits per heavy atom. The highest BCUT2D eigenvalue weighted by atomic mass is 15.2. The van der Waals surface area contributed by atoms with Crippen molar-refractivity contribution in [3.05, 3.63) is 23.8 Å². The summed E-state index contributed by atoms with van der Waals surface area (Å²) < 4.78 is 0. The first-order chi connectivity index (χ1) is 7.33. The van der Waals surface area contributed by atoms with E-state index >= 15 is 0 Å². The van der Waals surface area contributed by atoms with Crippen molar-refractivity contribution in [3.8, 4) is 0 Å². The second kappa shape index (κ2) is 4.53. The molecule has 1 fully saturated rings. The maximum absolute atomic E-state index is 7.37. The maximum Gasteiger partial charge on any atom is 0.0764 e. The van der Waals surface area contributed by atoms with E-state index in [9.17, 15) is 0 Å². The van der Waals surface area contributed by atoms with E-state index in [1.807, 2.05) is 13.0 Å². The third-order valence-electron chi connectivity index (χ3n) is 3.07. The van der Waals surface area contributed by atoms with Gasteiger partial charge in [0.15, 0.2) is 0 Å². The third kappa shape index (κ3) is 2.07. The highest BCUT2D eigenvalue weighted by Crippen LogP contribution is 2.30.